The first-order valence-electron chi connectivity index (χ1n) is 6.05. The normalized spacial score (nSPS) is 20.8. The summed E-state index contributed by atoms with van der Waals surface area (Å²) < 4.78 is 0. The van der Waals surface area contributed by atoms with Crippen molar-refractivity contribution in [3.63, 3.8) is 0 Å². The Morgan fingerprint density at radius 2 is 2.33 bits per heavy atom. The average Bonchev–Trinajstić information content (AvgIpc) is 2.69. The quantitative estimate of drug-likeness (QED) is 0.878. The summed E-state index contributed by atoms with van der Waals surface area (Å²) in [5.41, 5.74) is 1.02. The number of thiazole rings is 1. The molecule has 2 rings (SSSR count). The van der Waals surface area contributed by atoms with Crippen LogP contribution in [-0.2, 0) is 16.0 Å². The minimum Gasteiger partial charge on any atom is -0.345 e. The molecule has 2 heterocycles. The van der Waals surface area contributed by atoms with Gasteiger partial charge in [-0.05, 0) is 13.8 Å². The highest BCUT2D eigenvalue weighted by molar-refractivity contribution is 7.09. The van der Waals surface area contributed by atoms with E-state index in [0.717, 1.165) is 17.1 Å². The number of aryl methyl sites for hydroxylation is 1. The van der Waals surface area contributed by atoms with Crippen LogP contribution >= 0.6 is 11.3 Å². The van der Waals surface area contributed by atoms with Crippen LogP contribution in [0.5, 0.6) is 0 Å². The van der Waals surface area contributed by atoms with E-state index in [2.05, 4.69) is 10.3 Å². The average molecular weight is 267 g/mol. The Kier molecular flexibility index (Phi) is 3.96. The maximum atomic E-state index is 12.0. The van der Waals surface area contributed by atoms with Gasteiger partial charge in [-0.1, -0.05) is 0 Å². The summed E-state index contributed by atoms with van der Waals surface area (Å²) in [6.45, 7) is 4.82. The van der Waals surface area contributed by atoms with Crippen molar-refractivity contribution in [2.24, 2.45) is 0 Å². The molecule has 1 aliphatic heterocycles. The van der Waals surface area contributed by atoms with Crippen LogP contribution in [0.1, 0.15) is 24.0 Å². The van der Waals surface area contributed by atoms with Gasteiger partial charge in [0, 0.05) is 31.3 Å². The van der Waals surface area contributed by atoms with E-state index in [1.807, 2.05) is 12.3 Å². The van der Waals surface area contributed by atoms with Crippen molar-refractivity contribution in [2.45, 2.75) is 32.7 Å². The molecule has 1 aromatic heterocycles. The van der Waals surface area contributed by atoms with Crippen LogP contribution in [0.3, 0.4) is 0 Å². The zero-order valence-electron chi connectivity index (χ0n) is 10.6. The van der Waals surface area contributed by atoms with E-state index in [0.29, 0.717) is 19.5 Å². The van der Waals surface area contributed by atoms with Crippen LogP contribution in [0.4, 0.5) is 0 Å². The third-order valence-corrected chi connectivity index (χ3v) is 3.80. The molecule has 0 spiro atoms. The second-order valence-corrected chi connectivity index (χ2v) is 5.53. The van der Waals surface area contributed by atoms with Crippen molar-refractivity contribution in [3.05, 3.63) is 16.1 Å². The molecule has 98 valence electrons. The molecule has 0 bridgehead atoms. The molecule has 1 atom stereocenters. The number of hydrogen-bond acceptors (Lipinski definition) is 4. The lowest BCUT2D eigenvalue weighted by Gasteiger charge is -2.21. The Morgan fingerprint density at radius 1 is 1.56 bits per heavy atom. The second-order valence-electron chi connectivity index (χ2n) is 4.47. The Bertz CT molecular complexity index is 458. The zero-order valence-corrected chi connectivity index (χ0v) is 11.4. The minimum atomic E-state index is -0.419. The Morgan fingerprint density at radius 3 is 3.00 bits per heavy atom. The first kappa shape index (κ1) is 13.0. The number of nitrogens with one attached hydrogen (secondary N) is 1. The number of aromatic nitrogens is 1. The van der Waals surface area contributed by atoms with Crippen LogP contribution in [0.25, 0.3) is 0 Å². The first-order chi connectivity index (χ1) is 8.56. The van der Waals surface area contributed by atoms with Crippen LogP contribution in [-0.4, -0.2) is 40.8 Å². The minimum absolute atomic E-state index is 0.00667. The van der Waals surface area contributed by atoms with Crippen LogP contribution < -0.4 is 5.32 Å². The third-order valence-electron chi connectivity index (χ3n) is 2.97. The fraction of sp³-hybridized carbons (Fsp3) is 0.583. The molecule has 0 aliphatic carbocycles. The van der Waals surface area contributed by atoms with Gasteiger partial charge >= 0.3 is 0 Å². The summed E-state index contributed by atoms with van der Waals surface area (Å²) in [5.74, 6) is -0.0596. The van der Waals surface area contributed by atoms with Crippen LogP contribution in [0.15, 0.2) is 5.38 Å². The zero-order chi connectivity index (χ0) is 13.1. The van der Waals surface area contributed by atoms with E-state index in [4.69, 9.17) is 0 Å². The van der Waals surface area contributed by atoms with Gasteiger partial charge in [0.25, 0.3) is 0 Å². The molecule has 0 radical (unpaired) electrons. The number of nitrogens with zero attached hydrogens (tertiary/aromatic N) is 2. The van der Waals surface area contributed by atoms with Gasteiger partial charge in [0.15, 0.2) is 0 Å². The topological polar surface area (TPSA) is 62.3 Å². The molecule has 1 unspecified atom stereocenters. The molecule has 18 heavy (non-hydrogen) atoms. The van der Waals surface area contributed by atoms with E-state index in [9.17, 15) is 9.59 Å². The van der Waals surface area contributed by atoms with Crippen LogP contribution in [0.2, 0.25) is 0 Å². The Hall–Kier alpha value is -1.43. The van der Waals surface area contributed by atoms with Crippen LogP contribution in [0, 0.1) is 6.92 Å². The van der Waals surface area contributed by atoms with Gasteiger partial charge in [-0.25, -0.2) is 4.98 Å². The van der Waals surface area contributed by atoms with Gasteiger partial charge in [0.05, 0.1) is 10.7 Å². The van der Waals surface area contributed by atoms with E-state index in [-0.39, 0.29) is 11.8 Å². The first-order valence-corrected chi connectivity index (χ1v) is 6.93. The molecule has 2 amide bonds. The second kappa shape index (κ2) is 5.48. The van der Waals surface area contributed by atoms with Gasteiger partial charge in [0.2, 0.25) is 11.8 Å². The molecule has 1 fully saturated rings. The van der Waals surface area contributed by atoms with E-state index in [1.54, 1.807) is 23.2 Å². The summed E-state index contributed by atoms with van der Waals surface area (Å²) in [6.07, 6.45) is 1.13. The lowest BCUT2D eigenvalue weighted by molar-refractivity contribution is -0.133. The lowest BCUT2D eigenvalue weighted by atomic mass is 10.2. The van der Waals surface area contributed by atoms with E-state index in [1.165, 1.54) is 0 Å². The largest absolute Gasteiger partial charge is 0.345 e. The number of amides is 2. The van der Waals surface area contributed by atoms with Crippen molar-refractivity contribution in [1.82, 2.24) is 15.2 Å². The van der Waals surface area contributed by atoms with Gasteiger partial charge in [-0.2, -0.15) is 0 Å². The monoisotopic (exact) mass is 267 g/mol. The predicted molar refractivity (Wildman–Crippen MR) is 69.4 cm³/mol. The maximum absolute atomic E-state index is 12.0. The molecule has 1 saturated heterocycles. The van der Waals surface area contributed by atoms with Crippen molar-refractivity contribution in [2.75, 3.05) is 13.1 Å². The van der Waals surface area contributed by atoms with Crippen molar-refractivity contribution in [3.8, 4) is 0 Å². The Balaban J connectivity index is 1.95. The number of carbonyl (C=O) groups is 2. The number of hydrogen-bond donors (Lipinski definition) is 1. The predicted octanol–water partition coefficient (Wildman–Crippen LogP) is 0.731. The molecule has 0 saturated carbocycles. The molecule has 1 N–H and O–H groups in total. The van der Waals surface area contributed by atoms with Crippen molar-refractivity contribution >= 4 is 23.2 Å². The van der Waals surface area contributed by atoms with E-state index >= 15 is 0 Å². The molecule has 0 aromatic carbocycles. The smallest absolute Gasteiger partial charge is 0.244 e. The summed E-state index contributed by atoms with van der Waals surface area (Å²) in [5, 5.41) is 5.74. The molecule has 6 heteroatoms. The maximum Gasteiger partial charge on any atom is 0.244 e. The number of carbonyl (C=O) groups excluding carboxylic acids is 2. The molecule has 5 nitrogen and oxygen atoms in total. The van der Waals surface area contributed by atoms with Gasteiger partial charge < -0.3 is 10.2 Å². The van der Waals surface area contributed by atoms with E-state index < -0.39 is 6.04 Å². The fourth-order valence-electron chi connectivity index (χ4n) is 1.99. The summed E-state index contributed by atoms with van der Waals surface area (Å²) in [7, 11) is 0. The van der Waals surface area contributed by atoms with Gasteiger partial charge in [0.1, 0.15) is 6.04 Å². The van der Waals surface area contributed by atoms with Gasteiger partial charge in [-0.15, -0.1) is 11.3 Å². The highest BCUT2D eigenvalue weighted by atomic mass is 32.1. The fourth-order valence-corrected chi connectivity index (χ4v) is 2.64. The number of rotatable bonds is 3. The standard InChI is InChI=1S/C12H17N3O2S/c1-8-12(17)15(6-4-11(16)13-8)5-3-10-7-18-9(2)14-10/h7-8H,3-6H2,1-2H3,(H,13,16). The molecule has 1 aromatic rings. The highest BCUT2D eigenvalue weighted by Gasteiger charge is 2.26. The SMILES string of the molecule is Cc1nc(CCN2CCC(=O)NC(C)C2=O)cs1. The lowest BCUT2D eigenvalue weighted by Crippen LogP contribution is -2.43. The summed E-state index contributed by atoms with van der Waals surface area (Å²) >= 11 is 1.62. The highest BCUT2D eigenvalue weighted by Crippen LogP contribution is 2.10. The molecular formula is C12H17N3O2S. The van der Waals surface area contributed by atoms with Crippen molar-refractivity contribution < 1.29 is 9.59 Å². The molecule has 1 aliphatic rings. The Labute approximate surface area is 110 Å². The summed E-state index contributed by atoms with van der Waals surface area (Å²) in [6, 6.07) is -0.419. The third kappa shape index (κ3) is 3.07. The summed E-state index contributed by atoms with van der Waals surface area (Å²) in [4.78, 5) is 29.5. The van der Waals surface area contributed by atoms with Gasteiger partial charge in [-0.3, -0.25) is 9.59 Å². The van der Waals surface area contributed by atoms with Crippen molar-refractivity contribution in [1.29, 1.82) is 0 Å². The molecular weight excluding hydrogens is 250 g/mol.